The fourth-order valence-electron chi connectivity index (χ4n) is 1.49. The number of carboxylic acids is 1. The molecule has 0 heterocycles. The highest BCUT2D eigenvalue weighted by molar-refractivity contribution is 5.80. The molecule has 0 bridgehead atoms. The summed E-state index contributed by atoms with van der Waals surface area (Å²) < 4.78 is 5.42. The van der Waals surface area contributed by atoms with Gasteiger partial charge in [-0.25, -0.2) is 4.79 Å². The highest BCUT2D eigenvalue weighted by Gasteiger charge is 2.20. The van der Waals surface area contributed by atoms with Crippen LogP contribution in [-0.2, 0) is 9.53 Å². The highest BCUT2D eigenvalue weighted by Crippen LogP contribution is 2.28. The Bertz CT molecular complexity index is 347. The van der Waals surface area contributed by atoms with E-state index in [-0.39, 0.29) is 6.54 Å². The maximum Gasteiger partial charge on any atom is 0.323 e. The molecule has 1 aliphatic carbocycles. The first-order chi connectivity index (χ1) is 9.13. The molecule has 0 aromatic rings. The van der Waals surface area contributed by atoms with Crippen molar-refractivity contribution >= 4 is 12.0 Å². The minimum atomic E-state index is -1.09. The number of hydrogen-bond donors (Lipinski definition) is 2. The number of carbonyl (C=O) groups is 2. The number of amides is 2. The third kappa shape index (κ3) is 7.32. The number of terminal acetylenes is 1. The van der Waals surface area contributed by atoms with Crippen LogP contribution in [0.4, 0.5) is 4.79 Å². The summed E-state index contributed by atoms with van der Waals surface area (Å²) in [4.78, 5) is 23.3. The largest absolute Gasteiger partial charge is 0.480 e. The maximum absolute atomic E-state index is 11.6. The van der Waals surface area contributed by atoms with E-state index in [1.807, 2.05) is 0 Å². The molecule has 0 radical (unpaired) electrons. The highest BCUT2D eigenvalue weighted by atomic mass is 16.5. The summed E-state index contributed by atoms with van der Waals surface area (Å²) in [5.74, 6) is 1.91. The molecule has 0 spiro atoms. The van der Waals surface area contributed by atoms with E-state index in [2.05, 4.69) is 11.2 Å². The van der Waals surface area contributed by atoms with Crippen molar-refractivity contribution in [3.05, 3.63) is 0 Å². The van der Waals surface area contributed by atoms with Gasteiger partial charge < -0.3 is 20.1 Å². The van der Waals surface area contributed by atoms with Gasteiger partial charge in [-0.05, 0) is 25.2 Å². The van der Waals surface area contributed by atoms with Gasteiger partial charge in [0.15, 0.2) is 0 Å². The van der Waals surface area contributed by atoms with Gasteiger partial charge in [0.05, 0.1) is 6.54 Å². The summed E-state index contributed by atoms with van der Waals surface area (Å²) >= 11 is 0. The van der Waals surface area contributed by atoms with E-state index in [4.69, 9.17) is 16.3 Å². The van der Waals surface area contributed by atoms with Gasteiger partial charge >= 0.3 is 12.0 Å². The van der Waals surface area contributed by atoms with Gasteiger partial charge in [-0.1, -0.05) is 5.92 Å². The van der Waals surface area contributed by atoms with E-state index >= 15 is 0 Å². The molecule has 1 aliphatic rings. The first-order valence-electron chi connectivity index (χ1n) is 6.39. The molecule has 0 aromatic carbocycles. The third-order valence-corrected chi connectivity index (χ3v) is 2.69. The van der Waals surface area contributed by atoms with E-state index in [0.29, 0.717) is 19.6 Å². The predicted octanol–water partition coefficient (Wildman–Crippen LogP) is 0.532. The number of aliphatic carboxylic acids is 1. The number of hydrogen-bond acceptors (Lipinski definition) is 3. The lowest BCUT2D eigenvalue weighted by Crippen LogP contribution is -2.43. The first kappa shape index (κ1) is 15.3. The molecule has 2 N–H and O–H groups in total. The molecule has 106 valence electrons. The zero-order valence-corrected chi connectivity index (χ0v) is 10.9. The monoisotopic (exact) mass is 268 g/mol. The summed E-state index contributed by atoms with van der Waals surface area (Å²) in [6.07, 6.45) is 8.30. The Morgan fingerprint density at radius 2 is 2.21 bits per heavy atom. The Morgan fingerprint density at radius 3 is 2.79 bits per heavy atom. The topological polar surface area (TPSA) is 78.9 Å². The number of carbonyl (C=O) groups excluding carboxylic acids is 1. The minimum absolute atomic E-state index is 0.0175. The SMILES string of the molecule is C#CCN(CC(=O)O)C(=O)NCCCOCC1CC1. The Morgan fingerprint density at radius 1 is 1.47 bits per heavy atom. The number of nitrogens with zero attached hydrogens (tertiary/aromatic N) is 1. The number of carboxylic acid groups (broad SMARTS) is 1. The molecule has 0 saturated heterocycles. The summed E-state index contributed by atoms with van der Waals surface area (Å²) in [7, 11) is 0. The van der Waals surface area contributed by atoms with Crippen LogP contribution in [-0.4, -0.2) is 54.9 Å². The van der Waals surface area contributed by atoms with Crippen LogP contribution < -0.4 is 5.32 Å². The van der Waals surface area contributed by atoms with E-state index in [9.17, 15) is 9.59 Å². The van der Waals surface area contributed by atoms with Crippen LogP contribution in [0.2, 0.25) is 0 Å². The van der Waals surface area contributed by atoms with Gasteiger partial charge in [0.1, 0.15) is 6.54 Å². The number of nitrogens with one attached hydrogen (secondary N) is 1. The zero-order valence-electron chi connectivity index (χ0n) is 10.9. The lowest BCUT2D eigenvalue weighted by atomic mass is 10.4. The van der Waals surface area contributed by atoms with Crippen LogP contribution in [0.15, 0.2) is 0 Å². The average Bonchev–Trinajstić information content (AvgIpc) is 3.16. The van der Waals surface area contributed by atoms with Crippen LogP contribution in [0.1, 0.15) is 19.3 Å². The standard InChI is InChI=1S/C13H20N2O4/c1-2-7-15(9-12(16)17)13(18)14-6-3-8-19-10-11-4-5-11/h1,11H,3-10H2,(H,14,18)(H,16,17). The van der Waals surface area contributed by atoms with E-state index < -0.39 is 18.5 Å². The van der Waals surface area contributed by atoms with Gasteiger partial charge in [0, 0.05) is 19.8 Å². The molecule has 0 unspecified atom stereocenters. The molecule has 0 aromatic heterocycles. The number of ether oxygens (including phenoxy) is 1. The Labute approximate surface area is 113 Å². The van der Waals surface area contributed by atoms with Crippen LogP contribution in [0.5, 0.6) is 0 Å². The van der Waals surface area contributed by atoms with Crippen molar-refractivity contribution in [1.29, 1.82) is 0 Å². The normalized spacial score (nSPS) is 13.6. The fraction of sp³-hybridized carbons (Fsp3) is 0.692. The molecule has 1 fully saturated rings. The lowest BCUT2D eigenvalue weighted by molar-refractivity contribution is -0.137. The van der Waals surface area contributed by atoms with Crippen molar-refractivity contribution in [2.75, 3.05) is 32.8 Å². The smallest absolute Gasteiger partial charge is 0.323 e. The molecule has 2 amide bonds. The second kappa shape index (κ2) is 8.38. The molecule has 1 rings (SSSR count). The predicted molar refractivity (Wildman–Crippen MR) is 69.6 cm³/mol. The van der Waals surface area contributed by atoms with Crippen LogP contribution in [0, 0.1) is 18.3 Å². The van der Waals surface area contributed by atoms with E-state index in [1.165, 1.54) is 12.8 Å². The Balaban J connectivity index is 2.08. The van der Waals surface area contributed by atoms with E-state index in [0.717, 1.165) is 17.4 Å². The van der Waals surface area contributed by atoms with Crippen molar-refractivity contribution < 1.29 is 19.4 Å². The lowest BCUT2D eigenvalue weighted by Gasteiger charge is -2.18. The van der Waals surface area contributed by atoms with Gasteiger partial charge in [-0.15, -0.1) is 6.42 Å². The van der Waals surface area contributed by atoms with Crippen LogP contribution in [0.25, 0.3) is 0 Å². The average molecular weight is 268 g/mol. The molecule has 0 atom stereocenters. The molecule has 19 heavy (non-hydrogen) atoms. The van der Waals surface area contributed by atoms with Crippen molar-refractivity contribution in [2.24, 2.45) is 5.92 Å². The molecule has 0 aliphatic heterocycles. The minimum Gasteiger partial charge on any atom is -0.480 e. The quantitative estimate of drug-likeness (QED) is 0.472. The van der Waals surface area contributed by atoms with Crippen LogP contribution >= 0.6 is 0 Å². The zero-order chi connectivity index (χ0) is 14.1. The van der Waals surface area contributed by atoms with Crippen molar-refractivity contribution in [2.45, 2.75) is 19.3 Å². The Kier molecular flexibility index (Phi) is 6.75. The second-order valence-electron chi connectivity index (χ2n) is 4.56. The van der Waals surface area contributed by atoms with E-state index in [1.54, 1.807) is 0 Å². The van der Waals surface area contributed by atoms with Crippen molar-refractivity contribution in [1.82, 2.24) is 10.2 Å². The fourth-order valence-corrected chi connectivity index (χ4v) is 1.49. The summed E-state index contributed by atoms with van der Waals surface area (Å²) in [6, 6.07) is -0.456. The maximum atomic E-state index is 11.6. The van der Waals surface area contributed by atoms with Gasteiger partial charge in [-0.3, -0.25) is 4.79 Å². The molecular formula is C13H20N2O4. The van der Waals surface area contributed by atoms with Gasteiger partial charge in [-0.2, -0.15) is 0 Å². The van der Waals surface area contributed by atoms with Crippen molar-refractivity contribution in [3.63, 3.8) is 0 Å². The summed E-state index contributed by atoms with van der Waals surface area (Å²) in [5.41, 5.74) is 0. The van der Waals surface area contributed by atoms with Gasteiger partial charge in [0.2, 0.25) is 0 Å². The van der Waals surface area contributed by atoms with Crippen LogP contribution in [0.3, 0.4) is 0 Å². The number of rotatable bonds is 9. The summed E-state index contributed by atoms with van der Waals surface area (Å²) in [6.45, 7) is 1.44. The Hall–Kier alpha value is -1.74. The first-order valence-corrected chi connectivity index (χ1v) is 6.39. The second-order valence-corrected chi connectivity index (χ2v) is 4.56. The van der Waals surface area contributed by atoms with Crippen molar-refractivity contribution in [3.8, 4) is 12.3 Å². The molecule has 6 nitrogen and oxygen atoms in total. The third-order valence-electron chi connectivity index (χ3n) is 2.69. The number of urea groups is 1. The molecular weight excluding hydrogens is 248 g/mol. The summed E-state index contributed by atoms with van der Waals surface area (Å²) in [5, 5.41) is 11.3. The molecule has 1 saturated carbocycles. The molecule has 6 heteroatoms. The van der Waals surface area contributed by atoms with Gasteiger partial charge in [0.25, 0.3) is 0 Å².